The summed E-state index contributed by atoms with van der Waals surface area (Å²) in [4.78, 5) is -0.924. The van der Waals surface area contributed by atoms with Gasteiger partial charge in [0.05, 0.1) is 23.0 Å². The Morgan fingerprint density at radius 1 is 1.07 bits per heavy atom. The zero-order valence-electron chi connectivity index (χ0n) is 14.5. The summed E-state index contributed by atoms with van der Waals surface area (Å²) < 4.78 is 92.2. The average molecular weight is 427 g/mol. The molecule has 0 amide bonds. The first-order valence-corrected chi connectivity index (χ1v) is 9.68. The van der Waals surface area contributed by atoms with Gasteiger partial charge in [-0.15, -0.1) is 0 Å². The van der Waals surface area contributed by atoms with Gasteiger partial charge < -0.3 is 0 Å². The third-order valence-corrected chi connectivity index (χ3v) is 5.03. The van der Waals surface area contributed by atoms with Crippen molar-refractivity contribution in [1.82, 2.24) is 9.78 Å². The van der Waals surface area contributed by atoms with E-state index in [-0.39, 0.29) is 11.3 Å². The molecule has 3 aromatic rings. The van der Waals surface area contributed by atoms with E-state index in [0.29, 0.717) is 29.1 Å². The van der Waals surface area contributed by atoms with Crippen molar-refractivity contribution in [2.75, 3.05) is 6.26 Å². The van der Waals surface area contributed by atoms with Crippen molar-refractivity contribution in [1.29, 1.82) is 5.26 Å². The van der Waals surface area contributed by atoms with Crippen LogP contribution in [0, 0.1) is 23.0 Å². The van der Waals surface area contributed by atoms with Crippen LogP contribution in [0.15, 0.2) is 47.4 Å². The van der Waals surface area contributed by atoms with Gasteiger partial charge in [0, 0.05) is 11.8 Å². The lowest BCUT2D eigenvalue weighted by Gasteiger charge is -2.10. The van der Waals surface area contributed by atoms with Gasteiger partial charge in [0.15, 0.2) is 15.5 Å². The lowest BCUT2D eigenvalue weighted by Crippen LogP contribution is -2.07. The van der Waals surface area contributed by atoms with Crippen molar-refractivity contribution in [3.63, 3.8) is 0 Å². The van der Waals surface area contributed by atoms with Gasteiger partial charge in [-0.25, -0.2) is 21.9 Å². The maximum Gasteiger partial charge on any atom is 0.435 e. The molecule has 0 radical (unpaired) electrons. The molecule has 11 heteroatoms. The van der Waals surface area contributed by atoms with E-state index in [1.807, 2.05) is 6.07 Å². The summed E-state index contributed by atoms with van der Waals surface area (Å²) in [7, 11) is -4.10. The molecule has 0 aliphatic rings. The predicted molar refractivity (Wildman–Crippen MR) is 91.7 cm³/mol. The second-order valence-electron chi connectivity index (χ2n) is 6.02. The van der Waals surface area contributed by atoms with Gasteiger partial charge in [0.25, 0.3) is 0 Å². The molecule has 1 aromatic heterocycles. The summed E-state index contributed by atoms with van der Waals surface area (Å²) in [5.41, 5.74) is -2.36. The van der Waals surface area contributed by atoms with E-state index in [1.54, 1.807) is 0 Å². The van der Waals surface area contributed by atoms with Crippen molar-refractivity contribution in [3.05, 3.63) is 65.4 Å². The van der Waals surface area contributed by atoms with Crippen LogP contribution in [0.25, 0.3) is 16.9 Å². The first-order valence-electron chi connectivity index (χ1n) is 7.79. The van der Waals surface area contributed by atoms with Crippen LogP contribution in [0.3, 0.4) is 0 Å². The Kier molecular flexibility index (Phi) is 4.92. The number of rotatable bonds is 3. The highest BCUT2D eigenvalue weighted by Crippen LogP contribution is 2.35. The second-order valence-corrected chi connectivity index (χ2v) is 8.01. The van der Waals surface area contributed by atoms with E-state index in [0.717, 1.165) is 0 Å². The van der Waals surface area contributed by atoms with Gasteiger partial charge in [0.1, 0.15) is 16.5 Å². The summed E-state index contributed by atoms with van der Waals surface area (Å²) in [5, 5.41) is 12.4. The van der Waals surface area contributed by atoms with Crippen LogP contribution in [-0.4, -0.2) is 24.5 Å². The summed E-state index contributed by atoms with van der Waals surface area (Å²) in [5.74, 6) is -2.57. The Balaban J connectivity index is 2.31. The van der Waals surface area contributed by atoms with E-state index in [4.69, 9.17) is 5.26 Å². The Morgan fingerprint density at radius 2 is 1.76 bits per heavy atom. The summed E-state index contributed by atoms with van der Waals surface area (Å²) in [6.07, 6.45) is -4.21. The molecular formula is C18H10F5N3O2S. The molecule has 0 aliphatic carbocycles. The molecule has 0 aliphatic heterocycles. The second kappa shape index (κ2) is 6.97. The lowest BCUT2D eigenvalue weighted by atomic mass is 10.1. The van der Waals surface area contributed by atoms with Gasteiger partial charge in [-0.3, -0.25) is 0 Å². The van der Waals surface area contributed by atoms with Crippen LogP contribution in [0.2, 0.25) is 0 Å². The Bertz CT molecular complexity index is 1260. The van der Waals surface area contributed by atoms with Gasteiger partial charge in [-0.05, 0) is 36.4 Å². The molecule has 0 atom stereocenters. The van der Waals surface area contributed by atoms with Crippen LogP contribution in [0.1, 0.15) is 11.3 Å². The van der Waals surface area contributed by atoms with Crippen molar-refractivity contribution in [2.24, 2.45) is 0 Å². The highest BCUT2D eigenvalue weighted by molar-refractivity contribution is 7.90. The zero-order valence-corrected chi connectivity index (χ0v) is 15.3. The molecule has 0 N–H and O–H groups in total. The molecule has 0 unspecified atom stereocenters. The molecule has 0 saturated heterocycles. The van der Waals surface area contributed by atoms with Crippen LogP contribution in [0.5, 0.6) is 0 Å². The quantitative estimate of drug-likeness (QED) is 0.590. The highest BCUT2D eigenvalue weighted by atomic mass is 32.2. The van der Waals surface area contributed by atoms with E-state index >= 15 is 0 Å². The number of alkyl halides is 3. The lowest BCUT2D eigenvalue weighted by molar-refractivity contribution is -0.141. The highest BCUT2D eigenvalue weighted by Gasteiger charge is 2.36. The normalized spacial score (nSPS) is 12.0. The fourth-order valence-corrected chi connectivity index (χ4v) is 3.36. The predicted octanol–water partition coefficient (Wildman–Crippen LogP) is 4.11. The van der Waals surface area contributed by atoms with E-state index in [1.165, 1.54) is 24.3 Å². The fraction of sp³-hybridized carbons (Fsp3) is 0.111. The molecule has 0 fully saturated rings. The van der Waals surface area contributed by atoms with Crippen molar-refractivity contribution in [2.45, 2.75) is 11.1 Å². The largest absolute Gasteiger partial charge is 0.435 e. The van der Waals surface area contributed by atoms with E-state index in [2.05, 4.69) is 5.10 Å². The minimum Gasteiger partial charge on any atom is -0.232 e. The topological polar surface area (TPSA) is 75.8 Å². The number of hydrogen-bond donors (Lipinski definition) is 0. The first kappa shape index (κ1) is 20.5. The number of benzene rings is 2. The molecule has 0 spiro atoms. The number of sulfone groups is 1. The van der Waals surface area contributed by atoms with Gasteiger partial charge in [-0.2, -0.15) is 23.5 Å². The third kappa shape index (κ3) is 3.97. The minimum atomic E-state index is -4.88. The molecule has 2 aromatic carbocycles. The van der Waals surface area contributed by atoms with Crippen molar-refractivity contribution < 1.29 is 30.4 Å². The fourth-order valence-electron chi connectivity index (χ4n) is 2.62. The molecule has 3 rings (SSSR count). The summed E-state index contributed by atoms with van der Waals surface area (Å²) in [6, 6.07) is 8.55. The third-order valence-electron chi connectivity index (χ3n) is 3.92. The maximum atomic E-state index is 14.6. The minimum absolute atomic E-state index is 0.00143. The Labute approximate surface area is 161 Å². The standard InChI is InChI=1S/C18H10F5N3O2S/c1-29(27,28)16-7-13(19)12(6-14(16)20)15-8-17(18(21,22)23)25-26(15)11-4-2-3-10(5-11)9-24/h2-8H,1H3. The first-order chi connectivity index (χ1) is 13.4. The molecular weight excluding hydrogens is 417 g/mol. The Hall–Kier alpha value is -3.26. The van der Waals surface area contributed by atoms with Crippen LogP contribution in [0.4, 0.5) is 22.0 Å². The molecule has 5 nitrogen and oxygen atoms in total. The number of aromatic nitrogens is 2. The monoisotopic (exact) mass is 427 g/mol. The maximum absolute atomic E-state index is 14.6. The van der Waals surface area contributed by atoms with Gasteiger partial charge in [-0.1, -0.05) is 6.07 Å². The van der Waals surface area contributed by atoms with Crippen LogP contribution in [-0.2, 0) is 16.0 Å². The molecule has 0 bridgehead atoms. The van der Waals surface area contributed by atoms with Crippen LogP contribution < -0.4 is 0 Å². The number of halogens is 5. The SMILES string of the molecule is CS(=O)(=O)c1cc(F)c(-c2cc(C(F)(F)F)nn2-c2cccc(C#N)c2)cc1F. The molecule has 1 heterocycles. The van der Waals surface area contributed by atoms with E-state index < -0.39 is 49.5 Å². The molecule has 0 saturated carbocycles. The summed E-state index contributed by atoms with van der Waals surface area (Å²) in [6.45, 7) is 0. The average Bonchev–Trinajstić information content (AvgIpc) is 3.08. The molecule has 150 valence electrons. The van der Waals surface area contributed by atoms with Crippen molar-refractivity contribution in [3.8, 4) is 23.0 Å². The van der Waals surface area contributed by atoms with Gasteiger partial charge in [0.2, 0.25) is 0 Å². The smallest absolute Gasteiger partial charge is 0.232 e. The molecule has 29 heavy (non-hydrogen) atoms. The number of nitriles is 1. The van der Waals surface area contributed by atoms with Crippen LogP contribution >= 0.6 is 0 Å². The summed E-state index contributed by atoms with van der Waals surface area (Å²) >= 11 is 0. The number of nitrogens with zero attached hydrogens (tertiary/aromatic N) is 3. The van der Waals surface area contributed by atoms with E-state index in [9.17, 15) is 30.4 Å². The zero-order chi connectivity index (χ0) is 21.6. The Morgan fingerprint density at radius 3 is 2.34 bits per heavy atom. The number of hydrogen-bond acceptors (Lipinski definition) is 4. The van der Waals surface area contributed by atoms with Crippen molar-refractivity contribution >= 4 is 9.84 Å². The van der Waals surface area contributed by atoms with Gasteiger partial charge >= 0.3 is 6.18 Å².